The van der Waals surface area contributed by atoms with Crippen LogP contribution in [0.15, 0.2) is 41.3 Å². The van der Waals surface area contributed by atoms with Crippen molar-refractivity contribution >= 4 is 91.4 Å². The summed E-state index contributed by atoms with van der Waals surface area (Å²) in [6.45, 7) is -0.0509. The van der Waals surface area contributed by atoms with Crippen molar-refractivity contribution in [2.45, 2.75) is 6.61 Å². The maximum Gasteiger partial charge on any atom is 0.323 e. The number of ether oxygens (including phenoxy) is 2. The van der Waals surface area contributed by atoms with Gasteiger partial charge in [-0.15, -0.1) is 0 Å². The second-order valence-corrected chi connectivity index (χ2v) is 10.2. The van der Waals surface area contributed by atoms with E-state index in [4.69, 9.17) is 26.8 Å². The molecule has 0 aromatic heterocycles. The summed E-state index contributed by atoms with van der Waals surface area (Å²) >= 11 is 10.6. The first-order chi connectivity index (χ1) is 14.3. The third kappa shape index (κ3) is 5.65. The minimum atomic E-state index is -1.11. The van der Waals surface area contributed by atoms with E-state index < -0.39 is 18.4 Å². The number of hydrogen-bond acceptors (Lipinski definition) is 6. The molecule has 1 amide bonds. The number of carboxylic acids is 1. The fraction of sp³-hybridized carbons (Fsp3) is 0.150. The number of carboxylic acid groups (broad SMARTS) is 1. The minimum absolute atomic E-state index is 0.229. The fourth-order valence-corrected chi connectivity index (χ4v) is 5.02. The van der Waals surface area contributed by atoms with Gasteiger partial charge in [0.05, 0.1) is 15.6 Å². The van der Waals surface area contributed by atoms with Gasteiger partial charge < -0.3 is 14.6 Å². The Kier molecular flexibility index (Phi) is 7.98. The van der Waals surface area contributed by atoms with Crippen LogP contribution in [-0.4, -0.2) is 39.9 Å². The smallest absolute Gasteiger partial charge is 0.323 e. The number of thiocarbonyl (C=S) groups is 1. The zero-order valence-electron chi connectivity index (χ0n) is 15.6. The zero-order valence-corrected chi connectivity index (χ0v) is 21.5. The summed E-state index contributed by atoms with van der Waals surface area (Å²) in [6.07, 6.45) is 1.68. The Balaban J connectivity index is 1.82. The van der Waals surface area contributed by atoms with Crippen LogP contribution in [0, 0.1) is 7.14 Å². The standard InChI is InChI=1S/C20H15I2NO5S2/c1-27-15-7-12(8-16-19(26)23(9-17(24)25)20(29)30-16)6-14(22)18(15)28-10-11-2-4-13(21)5-3-11/h2-8H,9-10H2,1H3,(H,24,25)/b16-8-. The van der Waals surface area contributed by atoms with Crippen molar-refractivity contribution in [1.29, 1.82) is 0 Å². The van der Waals surface area contributed by atoms with Crippen LogP contribution in [0.25, 0.3) is 6.08 Å². The molecule has 0 unspecified atom stereocenters. The molecule has 1 saturated heterocycles. The Labute approximate surface area is 210 Å². The molecule has 0 aliphatic carbocycles. The number of rotatable bonds is 7. The molecule has 0 saturated carbocycles. The first-order valence-corrected chi connectivity index (χ1v) is 11.9. The highest BCUT2D eigenvalue weighted by Gasteiger charge is 2.33. The predicted octanol–water partition coefficient (Wildman–Crippen LogP) is 4.77. The molecule has 2 aromatic carbocycles. The van der Waals surface area contributed by atoms with Crippen LogP contribution >= 0.6 is 69.2 Å². The monoisotopic (exact) mass is 667 g/mol. The van der Waals surface area contributed by atoms with Crippen molar-refractivity contribution in [3.63, 3.8) is 0 Å². The molecule has 0 bridgehead atoms. The lowest BCUT2D eigenvalue weighted by atomic mass is 10.1. The second kappa shape index (κ2) is 10.3. The number of hydrogen-bond donors (Lipinski definition) is 1. The summed E-state index contributed by atoms with van der Waals surface area (Å²) < 4.78 is 13.7. The number of methoxy groups -OCH3 is 1. The Morgan fingerprint density at radius 2 is 1.97 bits per heavy atom. The van der Waals surface area contributed by atoms with E-state index >= 15 is 0 Å². The highest BCUT2D eigenvalue weighted by Crippen LogP contribution is 2.37. The molecule has 1 heterocycles. The molecule has 3 rings (SSSR count). The molecule has 30 heavy (non-hydrogen) atoms. The summed E-state index contributed by atoms with van der Waals surface area (Å²) in [4.78, 5) is 24.9. The molecule has 0 radical (unpaired) electrons. The van der Waals surface area contributed by atoms with Crippen molar-refractivity contribution < 1.29 is 24.2 Å². The first-order valence-electron chi connectivity index (χ1n) is 8.50. The van der Waals surface area contributed by atoms with Crippen LogP contribution in [-0.2, 0) is 16.2 Å². The SMILES string of the molecule is COc1cc(/C=C2\SC(=S)N(CC(=O)O)C2=O)cc(I)c1OCc1ccc(I)cc1. The number of halogens is 2. The van der Waals surface area contributed by atoms with Crippen LogP contribution in [0.2, 0.25) is 0 Å². The molecule has 0 spiro atoms. The fourth-order valence-electron chi connectivity index (χ4n) is 2.62. The van der Waals surface area contributed by atoms with Crippen LogP contribution in [0.3, 0.4) is 0 Å². The predicted molar refractivity (Wildman–Crippen MR) is 137 cm³/mol. The molecular weight excluding hydrogens is 652 g/mol. The maximum absolute atomic E-state index is 12.5. The Bertz CT molecular complexity index is 1040. The van der Waals surface area contributed by atoms with Gasteiger partial charge in [0.15, 0.2) is 11.5 Å². The topological polar surface area (TPSA) is 76.1 Å². The molecule has 156 valence electrons. The number of thioether (sulfide) groups is 1. The van der Waals surface area contributed by atoms with E-state index in [9.17, 15) is 9.59 Å². The Morgan fingerprint density at radius 1 is 1.27 bits per heavy atom. The summed E-state index contributed by atoms with van der Waals surface area (Å²) in [5.41, 5.74) is 1.77. The number of amides is 1. The lowest BCUT2D eigenvalue weighted by molar-refractivity contribution is -0.140. The van der Waals surface area contributed by atoms with Crippen molar-refractivity contribution in [3.8, 4) is 11.5 Å². The van der Waals surface area contributed by atoms with E-state index in [-0.39, 0.29) is 4.32 Å². The normalized spacial score (nSPS) is 15.0. The molecule has 1 fully saturated rings. The Hall–Kier alpha value is -1.38. The maximum atomic E-state index is 12.5. The molecule has 2 aromatic rings. The number of nitrogens with zero attached hydrogens (tertiary/aromatic N) is 1. The number of benzene rings is 2. The summed E-state index contributed by atoms with van der Waals surface area (Å²) in [5.74, 6) is -0.370. The van der Waals surface area contributed by atoms with Gasteiger partial charge in [-0.25, -0.2) is 0 Å². The first kappa shape index (κ1) is 23.3. The molecule has 6 nitrogen and oxygen atoms in total. The number of carbonyl (C=O) groups is 2. The molecule has 0 atom stereocenters. The number of aliphatic carboxylic acids is 1. The highest BCUT2D eigenvalue weighted by molar-refractivity contribution is 14.1. The molecule has 1 aliphatic rings. The van der Waals surface area contributed by atoms with Crippen LogP contribution in [0.5, 0.6) is 11.5 Å². The number of carbonyl (C=O) groups excluding carboxylic acids is 1. The van der Waals surface area contributed by atoms with Gasteiger partial charge in [0, 0.05) is 3.57 Å². The van der Waals surface area contributed by atoms with E-state index in [2.05, 4.69) is 45.2 Å². The second-order valence-electron chi connectivity index (χ2n) is 6.11. The van der Waals surface area contributed by atoms with Gasteiger partial charge in [-0.1, -0.05) is 36.1 Å². The largest absolute Gasteiger partial charge is 0.493 e. The van der Waals surface area contributed by atoms with E-state index in [1.54, 1.807) is 19.3 Å². The summed E-state index contributed by atoms with van der Waals surface area (Å²) in [6, 6.07) is 11.7. The molecular formula is C20H15I2NO5S2. The molecule has 10 heteroatoms. The van der Waals surface area contributed by atoms with Gasteiger partial charge in [0.2, 0.25) is 0 Å². The highest BCUT2D eigenvalue weighted by atomic mass is 127. The van der Waals surface area contributed by atoms with Crippen molar-refractivity contribution in [2.24, 2.45) is 0 Å². The van der Waals surface area contributed by atoms with Crippen LogP contribution in [0.4, 0.5) is 0 Å². The molecule has 1 N–H and O–H groups in total. The van der Waals surface area contributed by atoms with Gasteiger partial charge in [-0.2, -0.15) is 0 Å². The van der Waals surface area contributed by atoms with Crippen LogP contribution in [0.1, 0.15) is 11.1 Å². The minimum Gasteiger partial charge on any atom is -0.493 e. The van der Waals surface area contributed by atoms with Gasteiger partial charge in [-0.05, 0) is 86.7 Å². The third-order valence-electron chi connectivity index (χ3n) is 4.01. The quantitative estimate of drug-likeness (QED) is 0.259. The summed E-state index contributed by atoms with van der Waals surface area (Å²) in [7, 11) is 1.55. The van der Waals surface area contributed by atoms with Crippen LogP contribution < -0.4 is 9.47 Å². The van der Waals surface area contributed by atoms with Crippen molar-refractivity contribution in [1.82, 2.24) is 4.90 Å². The zero-order chi connectivity index (χ0) is 21.8. The van der Waals surface area contributed by atoms with Gasteiger partial charge in [0.1, 0.15) is 17.5 Å². The lowest BCUT2D eigenvalue weighted by Gasteiger charge is -2.14. The summed E-state index contributed by atoms with van der Waals surface area (Å²) in [5, 5.41) is 8.95. The van der Waals surface area contributed by atoms with E-state index in [0.29, 0.717) is 23.0 Å². The van der Waals surface area contributed by atoms with E-state index in [0.717, 1.165) is 34.9 Å². The van der Waals surface area contributed by atoms with Gasteiger partial charge >= 0.3 is 5.97 Å². The molecule has 1 aliphatic heterocycles. The Morgan fingerprint density at radius 3 is 2.60 bits per heavy atom. The van der Waals surface area contributed by atoms with Crippen molar-refractivity contribution in [2.75, 3.05) is 13.7 Å². The van der Waals surface area contributed by atoms with Gasteiger partial charge in [-0.3, -0.25) is 14.5 Å². The average Bonchev–Trinajstić information content (AvgIpc) is 2.95. The van der Waals surface area contributed by atoms with E-state index in [1.165, 1.54) is 0 Å². The lowest BCUT2D eigenvalue weighted by Crippen LogP contribution is -2.33. The average molecular weight is 667 g/mol. The van der Waals surface area contributed by atoms with E-state index in [1.807, 2.05) is 30.3 Å². The third-order valence-corrected chi connectivity index (χ3v) is 6.91. The van der Waals surface area contributed by atoms with Crippen molar-refractivity contribution in [3.05, 3.63) is 59.6 Å². The van der Waals surface area contributed by atoms with Gasteiger partial charge in [0.25, 0.3) is 5.91 Å².